The first kappa shape index (κ1) is 19.9. The molecule has 0 saturated heterocycles. The van der Waals surface area contributed by atoms with E-state index in [-0.39, 0.29) is 0 Å². The maximum Gasteiger partial charge on any atom is 0.145 e. The summed E-state index contributed by atoms with van der Waals surface area (Å²) in [5.74, 6) is 0.860. The smallest absolute Gasteiger partial charge is 0.145 e. The molecule has 30 heavy (non-hydrogen) atoms. The fourth-order valence-corrected chi connectivity index (χ4v) is 4.16. The predicted molar refractivity (Wildman–Crippen MR) is 131 cm³/mol. The molecule has 2 heterocycles. The molecule has 0 unspecified atom stereocenters. The van der Waals surface area contributed by atoms with E-state index < -0.39 is 0 Å². The Hall–Kier alpha value is -3.37. The summed E-state index contributed by atoms with van der Waals surface area (Å²) in [6.45, 7) is 14.3. The lowest BCUT2D eigenvalue weighted by Crippen LogP contribution is -2.40. The van der Waals surface area contributed by atoms with E-state index in [1.54, 1.807) is 6.08 Å². The molecule has 1 aromatic heterocycles. The SMILES string of the molecule is C=C/C=C(\C=C/C)N1C(C=C)=c2c(=C)nc(-c3ccccc3)n2-c2ccc(Br)cc21. The van der Waals surface area contributed by atoms with Gasteiger partial charge in [-0.1, -0.05) is 78.2 Å². The Morgan fingerprint density at radius 3 is 2.50 bits per heavy atom. The van der Waals surface area contributed by atoms with E-state index in [1.807, 2.05) is 49.4 Å². The minimum atomic E-state index is 0.709. The van der Waals surface area contributed by atoms with Crippen molar-refractivity contribution < 1.29 is 0 Å². The van der Waals surface area contributed by atoms with E-state index in [0.29, 0.717) is 5.35 Å². The molecule has 0 amide bonds. The Labute approximate surface area is 185 Å². The van der Waals surface area contributed by atoms with Crippen molar-refractivity contribution in [2.45, 2.75) is 6.92 Å². The highest BCUT2D eigenvalue weighted by atomic mass is 79.9. The van der Waals surface area contributed by atoms with Crippen LogP contribution in [0.15, 0.2) is 102 Å². The van der Waals surface area contributed by atoms with Crippen LogP contribution in [0.2, 0.25) is 0 Å². The number of anilines is 1. The van der Waals surface area contributed by atoms with Gasteiger partial charge in [0.1, 0.15) is 5.82 Å². The molecule has 4 rings (SSSR count). The van der Waals surface area contributed by atoms with Crippen molar-refractivity contribution in [3.63, 3.8) is 0 Å². The molecular formula is C26H22BrN3. The van der Waals surface area contributed by atoms with E-state index in [1.165, 1.54) is 0 Å². The minimum absolute atomic E-state index is 0.709. The van der Waals surface area contributed by atoms with Crippen LogP contribution in [0.5, 0.6) is 0 Å². The molecule has 1 aliphatic heterocycles. The number of aromatic nitrogens is 2. The van der Waals surface area contributed by atoms with Gasteiger partial charge in [-0.05, 0) is 43.4 Å². The van der Waals surface area contributed by atoms with Gasteiger partial charge in [-0.2, -0.15) is 0 Å². The average Bonchev–Trinajstić information content (AvgIpc) is 3.10. The molecule has 0 aliphatic carbocycles. The lowest BCUT2D eigenvalue weighted by molar-refractivity contribution is 0.976. The van der Waals surface area contributed by atoms with Crippen LogP contribution in [0.25, 0.3) is 29.4 Å². The molecule has 3 aromatic rings. The predicted octanol–water partition coefficient (Wildman–Crippen LogP) is 5.47. The van der Waals surface area contributed by atoms with Gasteiger partial charge in [-0.25, -0.2) is 4.98 Å². The van der Waals surface area contributed by atoms with Crippen molar-refractivity contribution in [2.24, 2.45) is 0 Å². The van der Waals surface area contributed by atoms with Gasteiger partial charge in [-0.3, -0.25) is 4.57 Å². The molecule has 0 saturated carbocycles. The largest absolute Gasteiger partial charge is 0.306 e. The third kappa shape index (κ3) is 3.19. The Morgan fingerprint density at radius 2 is 1.83 bits per heavy atom. The third-order valence-corrected chi connectivity index (χ3v) is 5.46. The van der Waals surface area contributed by atoms with Crippen molar-refractivity contribution in [3.05, 3.63) is 113 Å². The van der Waals surface area contributed by atoms with Crippen LogP contribution in [-0.4, -0.2) is 9.55 Å². The van der Waals surface area contributed by atoms with Crippen LogP contribution in [0, 0.1) is 0 Å². The number of benzene rings is 2. The van der Waals surface area contributed by atoms with E-state index in [2.05, 4.69) is 75.5 Å². The summed E-state index contributed by atoms with van der Waals surface area (Å²) in [6, 6.07) is 16.4. The quantitative estimate of drug-likeness (QED) is 0.475. The van der Waals surface area contributed by atoms with E-state index in [0.717, 1.165) is 44.0 Å². The number of halogens is 1. The van der Waals surface area contributed by atoms with Crippen molar-refractivity contribution >= 4 is 33.9 Å². The maximum atomic E-state index is 4.85. The lowest BCUT2D eigenvalue weighted by atomic mass is 10.1. The second-order valence-corrected chi connectivity index (χ2v) is 7.73. The number of hydrogen-bond acceptors (Lipinski definition) is 2. The van der Waals surface area contributed by atoms with Crippen LogP contribution in [-0.2, 0) is 0 Å². The zero-order chi connectivity index (χ0) is 21.3. The molecular weight excluding hydrogens is 434 g/mol. The standard InChI is InChI=1S/C26H22BrN3/c1-5-11-21(12-6-2)29-22(7-3)25-18(4)28-26(19-13-9-8-10-14-19)30(25)23-16-15-20(27)17-24(23)29/h5-17H,1,3-4H2,2H3/b12-6-,21-11+. The van der Waals surface area contributed by atoms with E-state index in [4.69, 9.17) is 4.98 Å². The Bertz CT molecular complexity index is 1310. The van der Waals surface area contributed by atoms with Gasteiger partial charge in [0, 0.05) is 15.7 Å². The molecule has 0 radical (unpaired) electrons. The number of fused-ring (bicyclic) bond motifs is 3. The average molecular weight is 456 g/mol. The van der Waals surface area contributed by atoms with Gasteiger partial charge in [0.15, 0.2) is 0 Å². The van der Waals surface area contributed by atoms with Gasteiger partial charge >= 0.3 is 0 Å². The third-order valence-electron chi connectivity index (χ3n) is 4.96. The van der Waals surface area contributed by atoms with Crippen LogP contribution in [0.3, 0.4) is 0 Å². The summed E-state index contributed by atoms with van der Waals surface area (Å²) in [4.78, 5) is 7.03. The van der Waals surface area contributed by atoms with Gasteiger partial charge in [0.25, 0.3) is 0 Å². The Balaban J connectivity index is 2.18. The van der Waals surface area contributed by atoms with Gasteiger partial charge in [0.05, 0.1) is 27.8 Å². The Kier molecular flexibility index (Phi) is 5.42. The monoisotopic (exact) mass is 455 g/mol. The fourth-order valence-electron chi connectivity index (χ4n) is 3.81. The Morgan fingerprint density at radius 1 is 1.07 bits per heavy atom. The highest BCUT2D eigenvalue weighted by Gasteiger charge is 2.27. The second-order valence-electron chi connectivity index (χ2n) is 6.82. The second kappa shape index (κ2) is 8.17. The first-order valence-electron chi connectivity index (χ1n) is 9.66. The van der Waals surface area contributed by atoms with Crippen molar-refractivity contribution in [3.8, 4) is 17.1 Å². The summed E-state index contributed by atoms with van der Waals surface area (Å²) >= 11 is 3.64. The molecule has 148 valence electrons. The molecule has 0 atom stereocenters. The normalized spacial score (nSPS) is 13.3. The number of hydrogen-bond donors (Lipinski definition) is 0. The number of nitrogens with zero attached hydrogens (tertiary/aromatic N) is 3. The van der Waals surface area contributed by atoms with Gasteiger partial charge in [0.2, 0.25) is 0 Å². The summed E-state index contributed by atoms with van der Waals surface area (Å²) in [5, 5.41) is 1.64. The first-order valence-corrected chi connectivity index (χ1v) is 10.4. The zero-order valence-corrected chi connectivity index (χ0v) is 18.4. The lowest BCUT2D eigenvalue weighted by Gasteiger charge is -2.33. The first-order chi connectivity index (χ1) is 14.6. The minimum Gasteiger partial charge on any atom is -0.306 e. The number of rotatable bonds is 5. The molecule has 1 aliphatic rings. The van der Waals surface area contributed by atoms with Crippen LogP contribution in [0.1, 0.15) is 6.92 Å². The molecule has 2 aromatic carbocycles. The number of allylic oxidation sites excluding steroid dienone is 4. The molecule has 3 nitrogen and oxygen atoms in total. The van der Waals surface area contributed by atoms with Gasteiger partial charge < -0.3 is 4.90 Å². The molecule has 0 N–H and O–H groups in total. The summed E-state index contributed by atoms with van der Waals surface area (Å²) < 4.78 is 3.17. The van der Waals surface area contributed by atoms with Crippen LogP contribution >= 0.6 is 15.9 Å². The molecule has 0 spiro atoms. The van der Waals surface area contributed by atoms with E-state index >= 15 is 0 Å². The van der Waals surface area contributed by atoms with Crippen LogP contribution < -0.4 is 15.6 Å². The zero-order valence-electron chi connectivity index (χ0n) is 16.8. The fraction of sp³-hybridized carbons (Fsp3) is 0.0385. The van der Waals surface area contributed by atoms with Crippen LogP contribution in [0.4, 0.5) is 5.69 Å². The van der Waals surface area contributed by atoms with Gasteiger partial charge in [-0.15, -0.1) is 0 Å². The topological polar surface area (TPSA) is 21.1 Å². The van der Waals surface area contributed by atoms with Crippen molar-refractivity contribution in [2.75, 3.05) is 4.90 Å². The van der Waals surface area contributed by atoms with E-state index in [9.17, 15) is 0 Å². The summed E-state index contributed by atoms with van der Waals surface area (Å²) in [6.07, 6.45) is 9.71. The number of imidazole rings is 1. The highest BCUT2D eigenvalue weighted by Crippen LogP contribution is 2.37. The van der Waals surface area contributed by atoms with Crippen molar-refractivity contribution in [1.29, 1.82) is 0 Å². The molecule has 0 fully saturated rings. The van der Waals surface area contributed by atoms with Crippen molar-refractivity contribution in [1.82, 2.24) is 9.55 Å². The maximum absolute atomic E-state index is 4.85. The summed E-state index contributed by atoms with van der Waals surface area (Å²) in [5.41, 5.74) is 4.99. The molecule has 4 heteroatoms. The highest BCUT2D eigenvalue weighted by molar-refractivity contribution is 9.10. The molecule has 0 bridgehead atoms. The summed E-state index contributed by atoms with van der Waals surface area (Å²) in [7, 11) is 0.